The highest BCUT2D eigenvalue weighted by Crippen LogP contribution is 2.20. The second-order valence-electron chi connectivity index (χ2n) is 4.42. The van der Waals surface area contributed by atoms with Crippen molar-refractivity contribution in [3.63, 3.8) is 0 Å². The summed E-state index contributed by atoms with van der Waals surface area (Å²) in [5.74, 6) is 0. The third-order valence-electron chi connectivity index (χ3n) is 2.98. The second kappa shape index (κ2) is 5.69. The van der Waals surface area contributed by atoms with Crippen molar-refractivity contribution in [1.82, 2.24) is 4.72 Å². The van der Waals surface area contributed by atoms with Crippen LogP contribution in [-0.2, 0) is 14.8 Å². The Morgan fingerprint density at radius 1 is 1.33 bits per heavy atom. The average molecular weight is 334 g/mol. The van der Waals surface area contributed by atoms with E-state index in [4.69, 9.17) is 4.74 Å². The molecule has 1 fully saturated rings. The molecule has 0 aliphatic carbocycles. The Labute approximate surface area is 116 Å². The van der Waals surface area contributed by atoms with Crippen LogP contribution in [0.5, 0.6) is 0 Å². The molecule has 1 aromatic rings. The molecule has 100 valence electrons. The van der Waals surface area contributed by atoms with Crippen LogP contribution >= 0.6 is 15.9 Å². The van der Waals surface area contributed by atoms with Crippen molar-refractivity contribution in [2.75, 3.05) is 13.2 Å². The highest BCUT2D eigenvalue weighted by atomic mass is 79.9. The van der Waals surface area contributed by atoms with E-state index in [-0.39, 0.29) is 6.04 Å². The molecule has 1 saturated heterocycles. The summed E-state index contributed by atoms with van der Waals surface area (Å²) in [6.07, 6.45) is 1.46. The normalized spacial score (nSPS) is 17.9. The molecule has 0 atom stereocenters. The van der Waals surface area contributed by atoms with Crippen LogP contribution < -0.4 is 4.72 Å². The molecule has 1 N–H and O–H groups in total. The molecule has 1 aliphatic rings. The summed E-state index contributed by atoms with van der Waals surface area (Å²) in [6, 6.07) is 5.02. The van der Waals surface area contributed by atoms with Gasteiger partial charge in [-0.15, -0.1) is 0 Å². The Bertz CT molecular complexity index is 524. The SMILES string of the molecule is Cc1cc(S(=O)(=O)NC2CCOCC2)ccc1Br. The number of nitrogens with one attached hydrogen (secondary N) is 1. The highest BCUT2D eigenvalue weighted by Gasteiger charge is 2.22. The number of sulfonamides is 1. The molecule has 18 heavy (non-hydrogen) atoms. The van der Waals surface area contributed by atoms with E-state index in [2.05, 4.69) is 20.7 Å². The van der Waals surface area contributed by atoms with Crippen LogP contribution in [-0.4, -0.2) is 27.7 Å². The first kappa shape index (κ1) is 14.0. The molecule has 0 radical (unpaired) electrons. The van der Waals surface area contributed by atoms with Gasteiger partial charge in [0, 0.05) is 23.7 Å². The summed E-state index contributed by atoms with van der Waals surface area (Å²) in [7, 11) is -3.43. The molecule has 1 aromatic carbocycles. The van der Waals surface area contributed by atoms with E-state index in [1.807, 2.05) is 6.92 Å². The minimum absolute atomic E-state index is 0.0206. The van der Waals surface area contributed by atoms with Gasteiger partial charge in [-0.1, -0.05) is 15.9 Å². The van der Waals surface area contributed by atoms with Crippen LogP contribution in [0.15, 0.2) is 27.6 Å². The molecule has 0 saturated carbocycles. The molecule has 0 bridgehead atoms. The standard InChI is InChI=1S/C12H16BrNO3S/c1-9-8-11(2-3-12(9)13)18(15,16)14-10-4-6-17-7-5-10/h2-3,8,10,14H,4-7H2,1H3. The summed E-state index contributed by atoms with van der Waals surface area (Å²) in [5, 5.41) is 0. The van der Waals surface area contributed by atoms with E-state index in [0.29, 0.717) is 18.1 Å². The van der Waals surface area contributed by atoms with Crippen LogP contribution in [0.1, 0.15) is 18.4 Å². The summed E-state index contributed by atoms with van der Waals surface area (Å²) >= 11 is 3.36. The monoisotopic (exact) mass is 333 g/mol. The highest BCUT2D eigenvalue weighted by molar-refractivity contribution is 9.10. The lowest BCUT2D eigenvalue weighted by Crippen LogP contribution is -2.38. The Kier molecular flexibility index (Phi) is 4.42. The zero-order valence-corrected chi connectivity index (χ0v) is 12.6. The average Bonchev–Trinajstić information content (AvgIpc) is 2.33. The summed E-state index contributed by atoms with van der Waals surface area (Å²) in [4.78, 5) is 0.315. The van der Waals surface area contributed by atoms with Gasteiger partial charge in [-0.05, 0) is 43.5 Å². The van der Waals surface area contributed by atoms with Crippen molar-refractivity contribution in [3.8, 4) is 0 Å². The van der Waals surface area contributed by atoms with Gasteiger partial charge in [-0.25, -0.2) is 13.1 Å². The molecular formula is C12H16BrNO3S. The molecule has 0 spiro atoms. The first-order valence-corrected chi connectivity index (χ1v) is 8.13. The molecule has 2 rings (SSSR count). The molecule has 6 heteroatoms. The van der Waals surface area contributed by atoms with Gasteiger partial charge in [-0.2, -0.15) is 0 Å². The fourth-order valence-corrected chi connectivity index (χ4v) is 3.52. The van der Waals surface area contributed by atoms with Crippen molar-refractivity contribution in [3.05, 3.63) is 28.2 Å². The number of benzene rings is 1. The van der Waals surface area contributed by atoms with E-state index in [1.165, 1.54) is 0 Å². The van der Waals surface area contributed by atoms with Crippen LogP contribution in [0.4, 0.5) is 0 Å². The fraction of sp³-hybridized carbons (Fsp3) is 0.500. The predicted molar refractivity (Wildman–Crippen MR) is 73.0 cm³/mol. The molecular weight excluding hydrogens is 318 g/mol. The van der Waals surface area contributed by atoms with Crippen molar-refractivity contribution in [2.24, 2.45) is 0 Å². The number of hydrogen-bond donors (Lipinski definition) is 1. The van der Waals surface area contributed by atoms with Gasteiger partial charge >= 0.3 is 0 Å². The largest absolute Gasteiger partial charge is 0.381 e. The molecule has 0 amide bonds. The minimum Gasteiger partial charge on any atom is -0.381 e. The van der Waals surface area contributed by atoms with E-state index >= 15 is 0 Å². The van der Waals surface area contributed by atoms with E-state index < -0.39 is 10.0 Å². The van der Waals surface area contributed by atoms with Crippen molar-refractivity contribution in [1.29, 1.82) is 0 Å². The lowest BCUT2D eigenvalue weighted by molar-refractivity contribution is 0.0832. The zero-order chi connectivity index (χ0) is 13.2. The first-order valence-electron chi connectivity index (χ1n) is 5.85. The van der Waals surface area contributed by atoms with E-state index in [0.717, 1.165) is 22.9 Å². The van der Waals surface area contributed by atoms with Gasteiger partial charge in [0.15, 0.2) is 0 Å². The van der Waals surface area contributed by atoms with Crippen LogP contribution in [0, 0.1) is 6.92 Å². The Balaban J connectivity index is 2.16. The second-order valence-corrected chi connectivity index (χ2v) is 6.99. The van der Waals surface area contributed by atoms with Crippen molar-refractivity contribution >= 4 is 26.0 Å². The zero-order valence-electron chi connectivity index (χ0n) is 10.1. The number of halogens is 1. The third-order valence-corrected chi connectivity index (χ3v) is 5.39. The van der Waals surface area contributed by atoms with Gasteiger partial charge in [-0.3, -0.25) is 0 Å². The maximum absolute atomic E-state index is 12.2. The molecule has 1 aliphatic heterocycles. The fourth-order valence-electron chi connectivity index (χ4n) is 1.89. The number of ether oxygens (including phenoxy) is 1. The van der Waals surface area contributed by atoms with Crippen molar-refractivity contribution < 1.29 is 13.2 Å². The predicted octanol–water partition coefficient (Wildman–Crippen LogP) is 2.21. The van der Waals surface area contributed by atoms with E-state index in [9.17, 15) is 8.42 Å². The lowest BCUT2D eigenvalue weighted by atomic mass is 10.1. The summed E-state index contributed by atoms with van der Waals surface area (Å²) in [5.41, 5.74) is 0.907. The first-order chi connectivity index (χ1) is 8.49. The number of hydrogen-bond acceptors (Lipinski definition) is 3. The van der Waals surface area contributed by atoms with Gasteiger partial charge in [0.1, 0.15) is 0 Å². The summed E-state index contributed by atoms with van der Waals surface area (Å²) < 4.78 is 33.3. The molecule has 4 nitrogen and oxygen atoms in total. The van der Waals surface area contributed by atoms with Crippen LogP contribution in [0.25, 0.3) is 0 Å². The molecule has 0 unspecified atom stereocenters. The molecule has 0 aromatic heterocycles. The van der Waals surface area contributed by atoms with Gasteiger partial charge in [0.25, 0.3) is 0 Å². The quantitative estimate of drug-likeness (QED) is 0.922. The summed E-state index contributed by atoms with van der Waals surface area (Å²) in [6.45, 7) is 3.11. The topological polar surface area (TPSA) is 55.4 Å². The van der Waals surface area contributed by atoms with Crippen LogP contribution in [0.2, 0.25) is 0 Å². The Hall–Kier alpha value is -0.430. The smallest absolute Gasteiger partial charge is 0.240 e. The van der Waals surface area contributed by atoms with E-state index in [1.54, 1.807) is 18.2 Å². The number of rotatable bonds is 3. The van der Waals surface area contributed by atoms with Crippen molar-refractivity contribution in [2.45, 2.75) is 30.7 Å². The maximum atomic E-state index is 12.2. The van der Waals surface area contributed by atoms with Crippen LogP contribution in [0.3, 0.4) is 0 Å². The molecule has 1 heterocycles. The van der Waals surface area contributed by atoms with Gasteiger partial charge in [0.05, 0.1) is 4.90 Å². The lowest BCUT2D eigenvalue weighted by Gasteiger charge is -2.23. The minimum atomic E-state index is -3.43. The maximum Gasteiger partial charge on any atom is 0.240 e. The Morgan fingerprint density at radius 3 is 2.61 bits per heavy atom. The van der Waals surface area contributed by atoms with Gasteiger partial charge < -0.3 is 4.74 Å². The van der Waals surface area contributed by atoms with Gasteiger partial charge in [0.2, 0.25) is 10.0 Å². The Morgan fingerprint density at radius 2 is 2.00 bits per heavy atom. The third kappa shape index (κ3) is 3.32. The number of aryl methyl sites for hydroxylation is 1.